The Balaban J connectivity index is 1.53. The highest BCUT2D eigenvalue weighted by Gasteiger charge is 2.27. The maximum absolute atomic E-state index is 5.31. The maximum Gasteiger partial charge on any atom is 0.231 e. The van der Waals surface area contributed by atoms with Gasteiger partial charge in [-0.25, -0.2) is 9.97 Å². The molecule has 5 aromatic rings. The Morgan fingerprint density at radius 1 is 0.474 bits per heavy atom. The van der Waals surface area contributed by atoms with Gasteiger partial charge in [0.1, 0.15) is 11.4 Å². The summed E-state index contributed by atoms with van der Waals surface area (Å²) >= 11 is 0. The van der Waals surface area contributed by atoms with Crippen LogP contribution in [0.4, 0.5) is 23.0 Å². The van der Waals surface area contributed by atoms with E-state index in [4.69, 9.17) is 9.97 Å². The fraction of sp³-hybridized carbons (Fsp3) is 0.0588. The van der Waals surface area contributed by atoms with Gasteiger partial charge < -0.3 is 9.80 Å². The van der Waals surface area contributed by atoms with Gasteiger partial charge in [0.15, 0.2) is 0 Å². The molecule has 0 spiro atoms. The number of nitrogens with zero attached hydrogens (tertiary/aromatic N) is 4. The van der Waals surface area contributed by atoms with Crippen LogP contribution in [-0.2, 0) is 0 Å². The molecular formula is C34H26N4. The van der Waals surface area contributed by atoms with Crippen LogP contribution in [0.25, 0.3) is 34.7 Å². The lowest BCUT2D eigenvalue weighted by Crippen LogP contribution is -2.26. The molecule has 0 aliphatic carbocycles. The minimum Gasteiger partial charge on any atom is -0.334 e. The van der Waals surface area contributed by atoms with Gasteiger partial charge in [-0.15, -0.1) is 0 Å². The number of hydrogen-bond donors (Lipinski definition) is 0. The molecule has 0 amide bonds. The fourth-order valence-corrected chi connectivity index (χ4v) is 5.33. The van der Waals surface area contributed by atoms with Crippen LogP contribution in [0.5, 0.6) is 0 Å². The van der Waals surface area contributed by atoms with Gasteiger partial charge >= 0.3 is 0 Å². The number of aromatic nitrogens is 2. The molecule has 182 valence electrons. The Kier molecular flexibility index (Phi) is 5.56. The molecule has 7 rings (SSSR count). The Labute approximate surface area is 222 Å². The monoisotopic (exact) mass is 490 g/mol. The van der Waals surface area contributed by atoms with E-state index in [2.05, 4.69) is 131 Å². The first kappa shape index (κ1) is 22.3. The van der Waals surface area contributed by atoms with Crippen LogP contribution in [-0.4, -0.2) is 23.1 Å². The molecule has 0 radical (unpaired) electrons. The number of para-hydroxylation sites is 2. The standard InChI is InChI=1S/C34H26N4/c1-3-15-27(16-4-1)31-33(37-23-11-19-25-13-7-9-21-29(25)37)32(28-17-5-2-6-18-28)36-34(35-31)38-24-12-20-26-14-8-10-22-30(26)38/h1-22H,23-24H2. The van der Waals surface area contributed by atoms with E-state index in [1.165, 1.54) is 11.1 Å². The SMILES string of the molecule is C1=Cc2ccccc2N(c2nc(-c3ccccc3)c(N3CC=Cc4ccccc43)c(-c3ccccc3)n2)C1. The molecule has 0 N–H and O–H groups in total. The summed E-state index contributed by atoms with van der Waals surface area (Å²) in [5.74, 6) is 0.698. The summed E-state index contributed by atoms with van der Waals surface area (Å²) in [5.41, 5.74) is 9.63. The molecule has 2 aliphatic rings. The fourth-order valence-electron chi connectivity index (χ4n) is 5.33. The van der Waals surface area contributed by atoms with Crippen LogP contribution in [0.3, 0.4) is 0 Å². The van der Waals surface area contributed by atoms with Crippen LogP contribution < -0.4 is 9.80 Å². The zero-order valence-corrected chi connectivity index (χ0v) is 20.9. The van der Waals surface area contributed by atoms with Crippen molar-refractivity contribution < 1.29 is 0 Å². The van der Waals surface area contributed by atoms with Crippen molar-refractivity contribution in [2.45, 2.75) is 0 Å². The number of anilines is 4. The second-order valence-corrected chi connectivity index (χ2v) is 9.45. The molecule has 2 aliphatic heterocycles. The smallest absolute Gasteiger partial charge is 0.231 e. The van der Waals surface area contributed by atoms with Crippen molar-refractivity contribution in [1.29, 1.82) is 0 Å². The summed E-state index contributed by atoms with van der Waals surface area (Å²) < 4.78 is 0. The predicted octanol–water partition coefficient (Wildman–Crippen LogP) is 8.14. The van der Waals surface area contributed by atoms with E-state index in [0.717, 1.165) is 46.1 Å². The minimum atomic E-state index is 0.698. The molecule has 0 saturated carbocycles. The molecule has 0 fully saturated rings. The van der Waals surface area contributed by atoms with E-state index in [1.807, 2.05) is 12.1 Å². The van der Waals surface area contributed by atoms with E-state index >= 15 is 0 Å². The van der Waals surface area contributed by atoms with Crippen LogP contribution in [0, 0.1) is 0 Å². The van der Waals surface area contributed by atoms with E-state index < -0.39 is 0 Å². The van der Waals surface area contributed by atoms with Gasteiger partial charge in [0.25, 0.3) is 0 Å². The lowest BCUT2D eigenvalue weighted by atomic mass is 10.0. The molecule has 0 atom stereocenters. The molecule has 0 saturated heterocycles. The summed E-state index contributed by atoms with van der Waals surface area (Å²) in [6.07, 6.45) is 8.76. The maximum atomic E-state index is 5.31. The minimum absolute atomic E-state index is 0.698. The van der Waals surface area contributed by atoms with Crippen LogP contribution in [0.2, 0.25) is 0 Å². The van der Waals surface area contributed by atoms with Crippen LogP contribution in [0.1, 0.15) is 11.1 Å². The summed E-state index contributed by atoms with van der Waals surface area (Å²) in [6, 6.07) is 37.9. The van der Waals surface area contributed by atoms with Crippen molar-refractivity contribution in [3.05, 3.63) is 132 Å². The van der Waals surface area contributed by atoms with Gasteiger partial charge in [0.05, 0.1) is 11.4 Å². The van der Waals surface area contributed by atoms with Gasteiger partial charge in [-0.2, -0.15) is 0 Å². The van der Waals surface area contributed by atoms with Crippen LogP contribution in [0.15, 0.2) is 121 Å². The normalized spacial score (nSPS) is 13.8. The van der Waals surface area contributed by atoms with Crippen molar-refractivity contribution in [3.63, 3.8) is 0 Å². The highest BCUT2D eigenvalue weighted by molar-refractivity contribution is 5.93. The first-order chi connectivity index (χ1) is 18.9. The Hall–Kier alpha value is -4.96. The summed E-state index contributed by atoms with van der Waals surface area (Å²) in [6.45, 7) is 1.46. The molecule has 0 bridgehead atoms. The lowest BCUT2D eigenvalue weighted by molar-refractivity contribution is 0.973. The Morgan fingerprint density at radius 2 is 0.921 bits per heavy atom. The van der Waals surface area contributed by atoms with E-state index in [0.29, 0.717) is 12.5 Å². The summed E-state index contributed by atoms with van der Waals surface area (Å²) in [7, 11) is 0. The molecule has 4 heteroatoms. The highest BCUT2D eigenvalue weighted by Crippen LogP contribution is 2.44. The van der Waals surface area contributed by atoms with E-state index in [-0.39, 0.29) is 0 Å². The molecular weight excluding hydrogens is 464 g/mol. The van der Waals surface area contributed by atoms with Gasteiger partial charge in [-0.3, -0.25) is 0 Å². The molecule has 4 nitrogen and oxygen atoms in total. The van der Waals surface area contributed by atoms with E-state index in [1.54, 1.807) is 0 Å². The van der Waals surface area contributed by atoms with Crippen LogP contribution >= 0.6 is 0 Å². The molecule has 4 aromatic carbocycles. The largest absolute Gasteiger partial charge is 0.334 e. The first-order valence-electron chi connectivity index (χ1n) is 13.0. The lowest BCUT2D eigenvalue weighted by Gasteiger charge is -2.33. The Morgan fingerprint density at radius 3 is 1.47 bits per heavy atom. The third-order valence-electron chi connectivity index (χ3n) is 7.10. The first-order valence-corrected chi connectivity index (χ1v) is 13.0. The second kappa shape index (κ2) is 9.49. The topological polar surface area (TPSA) is 32.3 Å². The quantitative estimate of drug-likeness (QED) is 0.254. The zero-order chi connectivity index (χ0) is 25.3. The van der Waals surface area contributed by atoms with Gasteiger partial charge in [-0.1, -0.05) is 121 Å². The van der Waals surface area contributed by atoms with Gasteiger partial charge in [-0.05, 0) is 23.3 Å². The van der Waals surface area contributed by atoms with Crippen molar-refractivity contribution >= 4 is 35.2 Å². The molecule has 1 aromatic heterocycles. The van der Waals surface area contributed by atoms with Crippen molar-refractivity contribution in [1.82, 2.24) is 9.97 Å². The summed E-state index contributed by atoms with van der Waals surface area (Å²) in [4.78, 5) is 15.2. The van der Waals surface area contributed by atoms with Crippen molar-refractivity contribution in [2.24, 2.45) is 0 Å². The number of rotatable bonds is 4. The number of fused-ring (bicyclic) bond motifs is 2. The van der Waals surface area contributed by atoms with Crippen molar-refractivity contribution in [3.8, 4) is 22.5 Å². The summed E-state index contributed by atoms with van der Waals surface area (Å²) in [5, 5.41) is 0. The number of hydrogen-bond acceptors (Lipinski definition) is 4. The predicted molar refractivity (Wildman–Crippen MR) is 158 cm³/mol. The molecule has 38 heavy (non-hydrogen) atoms. The zero-order valence-electron chi connectivity index (χ0n) is 20.9. The average molecular weight is 491 g/mol. The Bertz CT molecular complexity index is 1610. The van der Waals surface area contributed by atoms with Crippen molar-refractivity contribution in [2.75, 3.05) is 22.9 Å². The third kappa shape index (κ3) is 3.87. The van der Waals surface area contributed by atoms with Gasteiger partial charge in [0, 0.05) is 29.9 Å². The van der Waals surface area contributed by atoms with E-state index in [9.17, 15) is 0 Å². The molecule has 0 unspecified atom stereocenters. The van der Waals surface area contributed by atoms with Gasteiger partial charge in [0.2, 0.25) is 5.95 Å². The average Bonchev–Trinajstić information content (AvgIpc) is 3.01. The highest BCUT2D eigenvalue weighted by atomic mass is 15.3. The number of benzene rings is 4. The third-order valence-corrected chi connectivity index (χ3v) is 7.10. The second-order valence-electron chi connectivity index (χ2n) is 9.45. The molecule has 3 heterocycles.